The van der Waals surface area contributed by atoms with Crippen LogP contribution in [-0.4, -0.2) is 56.7 Å². The Morgan fingerprint density at radius 2 is 1.82 bits per heavy atom. The highest BCUT2D eigenvalue weighted by Gasteiger charge is 2.34. The van der Waals surface area contributed by atoms with Gasteiger partial charge in [-0.15, -0.1) is 0 Å². The number of halogens is 2. The molecule has 33 heavy (non-hydrogen) atoms. The number of hydrogen-bond acceptors (Lipinski definition) is 5. The third-order valence-electron chi connectivity index (χ3n) is 6.01. The van der Waals surface area contributed by atoms with Crippen LogP contribution in [0.2, 0.25) is 10.0 Å². The summed E-state index contributed by atoms with van der Waals surface area (Å²) in [5, 5.41) is 6.90. The van der Waals surface area contributed by atoms with E-state index in [9.17, 15) is 9.59 Å². The largest absolute Gasteiger partial charge is 0.466 e. The number of carbonyl (C=O) groups is 2. The van der Waals surface area contributed by atoms with Crippen LogP contribution in [0.4, 0.5) is 10.5 Å². The molecule has 0 aliphatic carbocycles. The lowest BCUT2D eigenvalue weighted by Gasteiger charge is -2.38. The van der Waals surface area contributed by atoms with E-state index in [0.29, 0.717) is 22.8 Å². The number of methoxy groups -OCH3 is 1. The number of ether oxygens (including phenoxy) is 1. The molecular formula is C24H26Cl2N4O3. The fourth-order valence-corrected chi connectivity index (χ4v) is 4.69. The van der Waals surface area contributed by atoms with E-state index in [4.69, 9.17) is 27.9 Å². The molecule has 2 aliphatic heterocycles. The number of piperazine rings is 1. The van der Waals surface area contributed by atoms with Crippen molar-refractivity contribution in [3.63, 3.8) is 0 Å². The average Bonchev–Trinajstić information content (AvgIpc) is 2.80. The van der Waals surface area contributed by atoms with Gasteiger partial charge < -0.3 is 20.3 Å². The molecule has 2 N–H and O–H groups in total. The van der Waals surface area contributed by atoms with Crippen molar-refractivity contribution in [3.05, 3.63) is 74.9 Å². The lowest BCUT2D eigenvalue weighted by Crippen LogP contribution is -2.51. The zero-order valence-electron chi connectivity index (χ0n) is 18.5. The highest BCUT2D eigenvalue weighted by Crippen LogP contribution is 2.30. The minimum atomic E-state index is -0.643. The Balaban J connectivity index is 1.55. The molecule has 2 amide bonds. The SMILES string of the molecule is COC(=O)C1=C(CN2CCN(c3cc(Cl)ccc3C)CC2)NC(=O)N[C@H]1c1cccc(Cl)c1. The van der Waals surface area contributed by atoms with Crippen molar-refractivity contribution in [3.8, 4) is 0 Å². The summed E-state index contributed by atoms with van der Waals surface area (Å²) < 4.78 is 5.07. The lowest BCUT2D eigenvalue weighted by molar-refractivity contribution is -0.136. The molecule has 0 bridgehead atoms. The number of rotatable bonds is 5. The van der Waals surface area contributed by atoms with Crippen molar-refractivity contribution >= 4 is 40.9 Å². The molecule has 9 heteroatoms. The van der Waals surface area contributed by atoms with E-state index in [1.165, 1.54) is 12.7 Å². The van der Waals surface area contributed by atoms with Crippen molar-refractivity contribution in [2.45, 2.75) is 13.0 Å². The van der Waals surface area contributed by atoms with E-state index in [1.54, 1.807) is 18.2 Å². The molecule has 0 aromatic heterocycles. The second kappa shape index (κ2) is 10.0. The van der Waals surface area contributed by atoms with Gasteiger partial charge in [-0.25, -0.2) is 9.59 Å². The highest BCUT2D eigenvalue weighted by atomic mass is 35.5. The Labute approximate surface area is 203 Å². The first-order valence-corrected chi connectivity index (χ1v) is 11.5. The smallest absolute Gasteiger partial charge is 0.338 e. The van der Waals surface area contributed by atoms with Crippen LogP contribution in [0.25, 0.3) is 0 Å². The number of aryl methyl sites for hydroxylation is 1. The number of nitrogens with zero attached hydrogens (tertiary/aromatic N) is 2. The summed E-state index contributed by atoms with van der Waals surface area (Å²) in [7, 11) is 1.34. The monoisotopic (exact) mass is 488 g/mol. The molecule has 1 saturated heterocycles. The third kappa shape index (κ3) is 5.27. The number of anilines is 1. The fourth-order valence-electron chi connectivity index (χ4n) is 4.32. The first-order chi connectivity index (χ1) is 15.9. The third-order valence-corrected chi connectivity index (χ3v) is 6.48. The second-order valence-corrected chi connectivity index (χ2v) is 9.04. The Morgan fingerprint density at radius 3 is 2.52 bits per heavy atom. The van der Waals surface area contributed by atoms with E-state index >= 15 is 0 Å². The minimum Gasteiger partial charge on any atom is -0.466 e. The molecule has 2 heterocycles. The molecule has 2 aromatic carbocycles. The van der Waals surface area contributed by atoms with Crippen molar-refractivity contribution in [2.75, 3.05) is 44.7 Å². The van der Waals surface area contributed by atoms with Gasteiger partial charge in [0.25, 0.3) is 0 Å². The molecule has 0 unspecified atom stereocenters. The van der Waals surface area contributed by atoms with Crippen LogP contribution in [0, 0.1) is 6.92 Å². The van der Waals surface area contributed by atoms with Gasteiger partial charge in [0.15, 0.2) is 0 Å². The van der Waals surface area contributed by atoms with Crippen molar-refractivity contribution in [2.24, 2.45) is 0 Å². The van der Waals surface area contributed by atoms with Crippen molar-refractivity contribution < 1.29 is 14.3 Å². The van der Waals surface area contributed by atoms with Gasteiger partial charge in [0.1, 0.15) is 0 Å². The molecule has 174 valence electrons. The summed E-state index contributed by atoms with van der Waals surface area (Å²) in [6.07, 6.45) is 0. The van der Waals surface area contributed by atoms with Gasteiger partial charge in [-0.2, -0.15) is 0 Å². The first kappa shape index (κ1) is 23.4. The van der Waals surface area contributed by atoms with Gasteiger partial charge >= 0.3 is 12.0 Å². The molecule has 1 atom stereocenters. The molecule has 4 rings (SSSR count). The Kier molecular flexibility index (Phi) is 7.12. The molecule has 2 aromatic rings. The molecule has 2 aliphatic rings. The summed E-state index contributed by atoms with van der Waals surface area (Å²) in [5.74, 6) is -0.490. The molecule has 1 fully saturated rings. The number of nitrogens with one attached hydrogen (secondary N) is 2. The van der Waals surface area contributed by atoms with Gasteiger partial charge in [0.05, 0.1) is 18.7 Å². The van der Waals surface area contributed by atoms with Crippen LogP contribution in [0.3, 0.4) is 0 Å². The van der Waals surface area contributed by atoms with E-state index in [-0.39, 0.29) is 6.03 Å². The predicted octanol–water partition coefficient (Wildman–Crippen LogP) is 3.91. The maximum atomic E-state index is 12.8. The number of esters is 1. The maximum Gasteiger partial charge on any atom is 0.338 e. The van der Waals surface area contributed by atoms with E-state index < -0.39 is 12.0 Å². The topological polar surface area (TPSA) is 73.9 Å². The number of hydrogen-bond donors (Lipinski definition) is 2. The Hall–Kier alpha value is -2.74. The summed E-state index contributed by atoms with van der Waals surface area (Å²) >= 11 is 12.4. The van der Waals surface area contributed by atoms with E-state index in [1.807, 2.05) is 24.3 Å². The average molecular weight is 489 g/mol. The number of amides is 2. The molecule has 0 saturated carbocycles. The van der Waals surface area contributed by atoms with Gasteiger partial charge in [-0.1, -0.05) is 41.4 Å². The summed E-state index contributed by atoms with van der Waals surface area (Å²) in [6, 6.07) is 12.0. The lowest BCUT2D eigenvalue weighted by atomic mass is 9.95. The molecule has 0 radical (unpaired) electrons. The molecule has 7 nitrogen and oxygen atoms in total. The summed E-state index contributed by atoms with van der Waals surface area (Å²) in [4.78, 5) is 29.7. The zero-order chi connectivity index (χ0) is 23.5. The number of carbonyl (C=O) groups excluding carboxylic acids is 2. The number of urea groups is 1. The quantitative estimate of drug-likeness (QED) is 0.624. The van der Waals surface area contributed by atoms with E-state index in [0.717, 1.165) is 42.5 Å². The van der Waals surface area contributed by atoms with Crippen LogP contribution in [0.5, 0.6) is 0 Å². The van der Waals surface area contributed by atoms with Crippen LogP contribution in [0.15, 0.2) is 53.7 Å². The van der Waals surface area contributed by atoms with Crippen LogP contribution in [-0.2, 0) is 9.53 Å². The highest BCUT2D eigenvalue weighted by molar-refractivity contribution is 6.31. The van der Waals surface area contributed by atoms with Gasteiger partial charge in [0.2, 0.25) is 0 Å². The Morgan fingerprint density at radius 1 is 1.09 bits per heavy atom. The summed E-state index contributed by atoms with van der Waals surface area (Å²) in [6.45, 7) is 5.67. The van der Waals surface area contributed by atoms with Crippen LogP contribution in [0.1, 0.15) is 17.2 Å². The molecule has 0 spiro atoms. The normalized spacial score (nSPS) is 19.2. The zero-order valence-corrected chi connectivity index (χ0v) is 20.0. The number of benzene rings is 2. The molecular weight excluding hydrogens is 463 g/mol. The van der Waals surface area contributed by atoms with Crippen molar-refractivity contribution in [1.82, 2.24) is 15.5 Å². The van der Waals surface area contributed by atoms with Gasteiger partial charge in [-0.05, 0) is 42.3 Å². The first-order valence-electron chi connectivity index (χ1n) is 10.7. The minimum absolute atomic E-state index is 0.365. The van der Waals surface area contributed by atoms with Gasteiger partial charge in [0, 0.05) is 54.2 Å². The predicted molar refractivity (Wildman–Crippen MR) is 130 cm³/mol. The second-order valence-electron chi connectivity index (χ2n) is 8.16. The van der Waals surface area contributed by atoms with Crippen LogP contribution < -0.4 is 15.5 Å². The summed E-state index contributed by atoms with van der Waals surface area (Å²) in [5.41, 5.74) is 3.96. The van der Waals surface area contributed by atoms with Crippen molar-refractivity contribution in [1.29, 1.82) is 0 Å². The van der Waals surface area contributed by atoms with Gasteiger partial charge in [-0.3, -0.25) is 4.90 Å². The Bertz CT molecular complexity index is 1100. The van der Waals surface area contributed by atoms with E-state index in [2.05, 4.69) is 27.4 Å². The van der Waals surface area contributed by atoms with Crippen LogP contribution >= 0.6 is 23.2 Å². The fraction of sp³-hybridized carbons (Fsp3) is 0.333. The standard InChI is InChI=1S/C24H26Cl2N4O3/c1-15-6-7-18(26)13-20(15)30-10-8-29(9-11-30)14-19-21(23(31)33-2)22(28-24(32)27-19)16-4-3-5-17(25)12-16/h3-7,12-13,22H,8-11,14H2,1-2H3,(H2,27,28,32)/t22-/m0/s1. The maximum absolute atomic E-state index is 12.8.